The van der Waals surface area contributed by atoms with Crippen LogP contribution in [0.1, 0.15) is 18.3 Å². The Labute approximate surface area is 113 Å². The molecule has 18 heavy (non-hydrogen) atoms. The summed E-state index contributed by atoms with van der Waals surface area (Å²) < 4.78 is 4.33. The summed E-state index contributed by atoms with van der Waals surface area (Å²) in [6.45, 7) is 2.50. The van der Waals surface area contributed by atoms with E-state index in [1.807, 2.05) is 14.0 Å². The second-order valence-electron chi connectivity index (χ2n) is 4.11. The van der Waals surface area contributed by atoms with Gasteiger partial charge in [0.1, 0.15) is 0 Å². The van der Waals surface area contributed by atoms with Crippen molar-refractivity contribution in [1.29, 1.82) is 0 Å². The maximum Gasteiger partial charge on any atom is 0.251 e. The maximum absolute atomic E-state index is 11.7. The normalized spacial score (nSPS) is 10.8. The van der Waals surface area contributed by atoms with Crippen molar-refractivity contribution in [3.05, 3.63) is 44.5 Å². The highest BCUT2D eigenvalue weighted by Gasteiger charge is 2.13. The van der Waals surface area contributed by atoms with Crippen molar-refractivity contribution >= 4 is 21.6 Å². The van der Waals surface area contributed by atoms with Crippen LogP contribution in [0, 0.1) is 0 Å². The first-order valence-electron chi connectivity index (χ1n) is 5.69. The zero-order chi connectivity index (χ0) is 13.3. The molecule has 0 radical (unpaired) electrons. The molecule has 5 nitrogen and oxygen atoms in total. The molecule has 0 amide bonds. The van der Waals surface area contributed by atoms with E-state index >= 15 is 0 Å². The molecule has 0 atom stereocenters. The Morgan fingerprint density at radius 1 is 1.44 bits per heavy atom. The molecule has 0 aliphatic rings. The van der Waals surface area contributed by atoms with Crippen LogP contribution in [0.2, 0.25) is 0 Å². The zero-order valence-electron chi connectivity index (χ0n) is 10.4. The number of aryl methyl sites for hydroxylation is 2. The molecule has 0 saturated heterocycles. The number of anilines is 1. The Kier molecular flexibility index (Phi) is 3.56. The number of nitrogens with two attached hydrogens (primary N) is 1. The lowest BCUT2D eigenvalue weighted by molar-refractivity contribution is 0.648. The van der Waals surface area contributed by atoms with E-state index in [1.165, 1.54) is 6.07 Å². The fourth-order valence-corrected chi connectivity index (χ4v) is 2.57. The van der Waals surface area contributed by atoms with Crippen molar-refractivity contribution in [3.63, 3.8) is 0 Å². The predicted octanol–water partition coefficient (Wildman–Crippen LogP) is 1.54. The number of nitrogens with zero attached hydrogens (tertiary/aromatic N) is 3. The number of aromatic nitrogens is 3. The van der Waals surface area contributed by atoms with Gasteiger partial charge in [-0.3, -0.25) is 9.48 Å². The third-order valence-electron chi connectivity index (χ3n) is 2.83. The van der Waals surface area contributed by atoms with Gasteiger partial charge in [-0.2, -0.15) is 5.10 Å². The van der Waals surface area contributed by atoms with Crippen molar-refractivity contribution in [3.8, 4) is 0 Å². The highest BCUT2D eigenvalue weighted by atomic mass is 79.9. The van der Waals surface area contributed by atoms with Crippen molar-refractivity contribution in [1.82, 2.24) is 14.3 Å². The van der Waals surface area contributed by atoms with Crippen LogP contribution in [-0.2, 0) is 20.0 Å². The Morgan fingerprint density at radius 2 is 2.17 bits per heavy atom. The van der Waals surface area contributed by atoms with Crippen LogP contribution in [0.5, 0.6) is 0 Å². The highest BCUT2D eigenvalue weighted by molar-refractivity contribution is 9.10. The van der Waals surface area contributed by atoms with Gasteiger partial charge in [-0.25, -0.2) is 0 Å². The van der Waals surface area contributed by atoms with E-state index in [4.69, 9.17) is 5.73 Å². The van der Waals surface area contributed by atoms with Crippen molar-refractivity contribution in [2.75, 3.05) is 5.73 Å². The van der Waals surface area contributed by atoms with E-state index in [0.717, 1.165) is 22.3 Å². The van der Waals surface area contributed by atoms with Gasteiger partial charge in [-0.05, 0) is 28.4 Å². The first kappa shape index (κ1) is 12.9. The Morgan fingerprint density at radius 3 is 2.78 bits per heavy atom. The smallest absolute Gasteiger partial charge is 0.251 e. The number of nitrogen functional groups attached to an aromatic ring is 1. The van der Waals surface area contributed by atoms with Crippen molar-refractivity contribution in [2.24, 2.45) is 7.05 Å². The molecule has 2 heterocycles. The molecule has 0 aliphatic heterocycles. The second-order valence-corrected chi connectivity index (χ2v) is 4.91. The lowest BCUT2D eigenvalue weighted by atomic mass is 10.3. The minimum Gasteiger partial charge on any atom is -0.398 e. The number of halogens is 1. The molecule has 0 bridgehead atoms. The molecule has 0 unspecified atom stereocenters. The largest absolute Gasteiger partial charge is 0.398 e. The monoisotopic (exact) mass is 310 g/mol. The molecule has 6 heteroatoms. The van der Waals surface area contributed by atoms with Gasteiger partial charge in [-0.1, -0.05) is 6.92 Å². The third kappa shape index (κ3) is 2.33. The molecule has 2 rings (SSSR count). The summed E-state index contributed by atoms with van der Waals surface area (Å²) in [5, 5.41) is 4.40. The lowest BCUT2D eigenvalue weighted by Crippen LogP contribution is -2.21. The topological polar surface area (TPSA) is 65.8 Å². The van der Waals surface area contributed by atoms with Gasteiger partial charge >= 0.3 is 0 Å². The summed E-state index contributed by atoms with van der Waals surface area (Å²) in [6, 6.07) is 3.08. The SMILES string of the molecule is CCc1nn(C)c(Cn2cc(N)ccc2=O)c1Br. The molecule has 0 fully saturated rings. The first-order valence-corrected chi connectivity index (χ1v) is 6.48. The molecule has 0 saturated carbocycles. The molecule has 0 spiro atoms. The summed E-state index contributed by atoms with van der Waals surface area (Å²) in [6.07, 6.45) is 2.49. The number of pyridine rings is 1. The molecule has 0 aliphatic carbocycles. The van der Waals surface area contributed by atoms with Gasteiger partial charge in [0.2, 0.25) is 0 Å². The van der Waals surface area contributed by atoms with E-state index in [-0.39, 0.29) is 5.56 Å². The minimum atomic E-state index is -0.0738. The summed E-state index contributed by atoms with van der Waals surface area (Å²) in [5.41, 5.74) is 8.14. The van der Waals surface area contributed by atoms with Gasteiger partial charge in [0.15, 0.2) is 0 Å². The standard InChI is InChI=1S/C12H15BrN4O/c1-3-9-12(13)10(16(2)15-9)7-17-6-8(14)4-5-11(17)18/h4-6H,3,7,14H2,1-2H3. The van der Waals surface area contributed by atoms with Crippen molar-refractivity contribution in [2.45, 2.75) is 19.9 Å². The fourth-order valence-electron chi connectivity index (χ4n) is 1.83. The Hall–Kier alpha value is -1.56. The summed E-state index contributed by atoms with van der Waals surface area (Å²) >= 11 is 3.53. The van der Waals surface area contributed by atoms with E-state index in [0.29, 0.717) is 12.2 Å². The minimum absolute atomic E-state index is 0.0738. The maximum atomic E-state index is 11.7. The van der Waals surface area contributed by atoms with Crippen LogP contribution in [-0.4, -0.2) is 14.3 Å². The van der Waals surface area contributed by atoms with Crippen LogP contribution in [0.4, 0.5) is 5.69 Å². The van der Waals surface area contributed by atoms with Gasteiger partial charge in [0.05, 0.1) is 22.4 Å². The molecule has 2 N–H and O–H groups in total. The van der Waals surface area contributed by atoms with Crippen molar-refractivity contribution < 1.29 is 0 Å². The molecular formula is C12H15BrN4O. The number of hydrogen-bond donors (Lipinski definition) is 1. The summed E-state index contributed by atoms with van der Waals surface area (Å²) in [4.78, 5) is 11.7. The number of hydrogen-bond acceptors (Lipinski definition) is 3. The van der Waals surface area contributed by atoms with Gasteiger partial charge in [0.25, 0.3) is 5.56 Å². The summed E-state index contributed by atoms with van der Waals surface area (Å²) in [5.74, 6) is 0. The molecule has 0 aromatic carbocycles. The average Bonchev–Trinajstić information content (AvgIpc) is 2.61. The number of rotatable bonds is 3. The highest BCUT2D eigenvalue weighted by Crippen LogP contribution is 2.22. The zero-order valence-corrected chi connectivity index (χ0v) is 11.9. The molecule has 2 aromatic heterocycles. The quantitative estimate of drug-likeness (QED) is 0.935. The molecular weight excluding hydrogens is 296 g/mol. The van der Waals surface area contributed by atoms with E-state index < -0.39 is 0 Å². The van der Waals surface area contributed by atoms with Crippen LogP contribution >= 0.6 is 15.9 Å². The predicted molar refractivity (Wildman–Crippen MR) is 74.5 cm³/mol. The average molecular weight is 311 g/mol. The first-order chi connectivity index (χ1) is 8.52. The Balaban J connectivity index is 2.43. The van der Waals surface area contributed by atoms with E-state index in [1.54, 1.807) is 21.5 Å². The lowest BCUT2D eigenvalue weighted by Gasteiger charge is -2.07. The molecule has 96 valence electrons. The van der Waals surface area contributed by atoms with Gasteiger partial charge in [0, 0.05) is 25.0 Å². The molecule has 2 aromatic rings. The van der Waals surface area contributed by atoms with Crippen LogP contribution in [0.15, 0.2) is 27.6 Å². The van der Waals surface area contributed by atoms with Crippen LogP contribution in [0.25, 0.3) is 0 Å². The van der Waals surface area contributed by atoms with E-state index in [9.17, 15) is 4.79 Å². The summed E-state index contributed by atoms with van der Waals surface area (Å²) in [7, 11) is 1.87. The van der Waals surface area contributed by atoms with Crippen LogP contribution < -0.4 is 11.3 Å². The van der Waals surface area contributed by atoms with Gasteiger partial charge in [-0.15, -0.1) is 0 Å². The van der Waals surface area contributed by atoms with Gasteiger partial charge < -0.3 is 10.3 Å². The van der Waals surface area contributed by atoms with E-state index in [2.05, 4.69) is 21.0 Å². The second kappa shape index (κ2) is 4.97. The fraction of sp³-hybridized carbons (Fsp3) is 0.333. The third-order valence-corrected chi connectivity index (χ3v) is 3.74. The Bertz CT molecular complexity index is 629. The van der Waals surface area contributed by atoms with Crippen LogP contribution in [0.3, 0.4) is 0 Å².